The monoisotopic (exact) mass is 319 g/mol. The number of ether oxygens (including phenoxy) is 1. The molecule has 1 aliphatic heterocycles. The molecule has 23 heavy (non-hydrogen) atoms. The number of carbonyl (C=O) groups excluding carboxylic acids is 2. The molecule has 0 aromatic heterocycles. The number of hydrogen-bond acceptors (Lipinski definition) is 4. The summed E-state index contributed by atoms with van der Waals surface area (Å²) < 4.78 is 5.41. The first-order chi connectivity index (χ1) is 11.0. The summed E-state index contributed by atoms with van der Waals surface area (Å²) >= 11 is 0. The Kier molecular flexibility index (Phi) is 6.40. The van der Waals surface area contributed by atoms with Gasteiger partial charge < -0.3 is 20.3 Å². The standard InChI is InChI=1S/C17H25N3O3/c1-13(2)12-23-10-7-16(21)19-14-3-5-15(6-4-14)20-9-8-18-17(22)11-20/h3-6,13H,7-12H2,1-2H3,(H,18,22)(H,19,21). The van der Waals surface area contributed by atoms with E-state index in [1.807, 2.05) is 29.2 Å². The molecule has 0 radical (unpaired) electrons. The lowest BCUT2D eigenvalue weighted by Gasteiger charge is -2.28. The van der Waals surface area contributed by atoms with Crippen molar-refractivity contribution >= 4 is 23.2 Å². The van der Waals surface area contributed by atoms with Gasteiger partial charge in [-0.2, -0.15) is 0 Å². The molecule has 2 rings (SSSR count). The molecular formula is C17H25N3O3. The summed E-state index contributed by atoms with van der Waals surface area (Å²) in [6, 6.07) is 7.55. The normalized spacial score (nSPS) is 14.7. The Balaban J connectivity index is 1.78. The third-order valence-electron chi connectivity index (χ3n) is 3.48. The lowest BCUT2D eigenvalue weighted by Crippen LogP contribution is -2.47. The molecule has 1 aromatic carbocycles. The van der Waals surface area contributed by atoms with Crippen molar-refractivity contribution < 1.29 is 14.3 Å². The van der Waals surface area contributed by atoms with Gasteiger partial charge in [-0.15, -0.1) is 0 Å². The summed E-state index contributed by atoms with van der Waals surface area (Å²) in [6.45, 7) is 7.09. The van der Waals surface area contributed by atoms with Crippen LogP contribution in [0.25, 0.3) is 0 Å². The van der Waals surface area contributed by atoms with E-state index in [-0.39, 0.29) is 11.8 Å². The highest BCUT2D eigenvalue weighted by atomic mass is 16.5. The summed E-state index contributed by atoms with van der Waals surface area (Å²) in [6.07, 6.45) is 0.348. The quantitative estimate of drug-likeness (QED) is 0.749. The second-order valence-electron chi connectivity index (χ2n) is 6.09. The fraction of sp³-hybridized carbons (Fsp3) is 0.529. The van der Waals surface area contributed by atoms with Crippen LogP contribution in [0.2, 0.25) is 0 Å². The molecule has 6 heteroatoms. The van der Waals surface area contributed by atoms with E-state index in [0.717, 1.165) is 17.9 Å². The van der Waals surface area contributed by atoms with Crippen LogP contribution in [0.3, 0.4) is 0 Å². The van der Waals surface area contributed by atoms with Crippen molar-refractivity contribution in [2.24, 2.45) is 5.92 Å². The zero-order valence-electron chi connectivity index (χ0n) is 13.8. The predicted molar refractivity (Wildman–Crippen MR) is 90.6 cm³/mol. The lowest BCUT2D eigenvalue weighted by molar-refractivity contribution is -0.120. The molecule has 2 N–H and O–H groups in total. The van der Waals surface area contributed by atoms with Gasteiger partial charge in [0.15, 0.2) is 0 Å². The SMILES string of the molecule is CC(C)COCCC(=O)Nc1ccc(N2CCNC(=O)C2)cc1. The first-order valence-corrected chi connectivity index (χ1v) is 8.04. The van der Waals surface area contributed by atoms with Gasteiger partial charge in [0.25, 0.3) is 0 Å². The maximum atomic E-state index is 11.8. The number of nitrogens with zero attached hydrogens (tertiary/aromatic N) is 1. The van der Waals surface area contributed by atoms with Gasteiger partial charge >= 0.3 is 0 Å². The molecule has 0 bridgehead atoms. The average molecular weight is 319 g/mol. The minimum atomic E-state index is -0.0566. The molecule has 1 heterocycles. The highest BCUT2D eigenvalue weighted by Crippen LogP contribution is 2.18. The molecule has 6 nitrogen and oxygen atoms in total. The van der Waals surface area contributed by atoms with Crippen molar-refractivity contribution in [3.8, 4) is 0 Å². The summed E-state index contributed by atoms with van der Waals surface area (Å²) in [5.74, 6) is 0.455. The number of amides is 2. The van der Waals surface area contributed by atoms with E-state index in [4.69, 9.17) is 4.74 Å². The van der Waals surface area contributed by atoms with Gasteiger partial charge in [0, 0.05) is 31.1 Å². The van der Waals surface area contributed by atoms with E-state index in [2.05, 4.69) is 24.5 Å². The van der Waals surface area contributed by atoms with Gasteiger partial charge in [-0.05, 0) is 30.2 Å². The van der Waals surface area contributed by atoms with Crippen molar-refractivity contribution in [3.05, 3.63) is 24.3 Å². The van der Waals surface area contributed by atoms with Crippen molar-refractivity contribution in [1.29, 1.82) is 0 Å². The Morgan fingerprint density at radius 1 is 1.35 bits per heavy atom. The van der Waals surface area contributed by atoms with E-state index >= 15 is 0 Å². The fourth-order valence-electron chi connectivity index (χ4n) is 2.32. The van der Waals surface area contributed by atoms with Gasteiger partial charge in [-0.1, -0.05) is 13.8 Å². The van der Waals surface area contributed by atoms with E-state index in [1.165, 1.54) is 0 Å². The van der Waals surface area contributed by atoms with Gasteiger partial charge in [0.2, 0.25) is 11.8 Å². The first-order valence-electron chi connectivity index (χ1n) is 8.04. The van der Waals surface area contributed by atoms with Gasteiger partial charge in [-0.3, -0.25) is 9.59 Å². The molecular weight excluding hydrogens is 294 g/mol. The number of piperazine rings is 1. The predicted octanol–water partition coefficient (Wildman–Crippen LogP) is 1.62. The number of anilines is 2. The third kappa shape index (κ3) is 5.90. The van der Waals surface area contributed by atoms with Crippen LogP contribution in [-0.4, -0.2) is 44.7 Å². The molecule has 0 saturated carbocycles. The fourth-order valence-corrected chi connectivity index (χ4v) is 2.32. The van der Waals surface area contributed by atoms with Crippen LogP contribution in [-0.2, 0) is 14.3 Å². The molecule has 0 aliphatic carbocycles. The Morgan fingerprint density at radius 3 is 2.74 bits per heavy atom. The van der Waals surface area contributed by atoms with Crippen LogP contribution in [0.1, 0.15) is 20.3 Å². The van der Waals surface area contributed by atoms with E-state index in [0.29, 0.717) is 38.6 Å². The highest BCUT2D eigenvalue weighted by molar-refractivity contribution is 5.91. The van der Waals surface area contributed by atoms with Crippen molar-refractivity contribution in [3.63, 3.8) is 0 Å². The van der Waals surface area contributed by atoms with E-state index in [9.17, 15) is 9.59 Å². The van der Waals surface area contributed by atoms with Gasteiger partial charge in [-0.25, -0.2) is 0 Å². The minimum absolute atomic E-state index is 0.0371. The molecule has 1 fully saturated rings. The van der Waals surface area contributed by atoms with Gasteiger partial charge in [0.05, 0.1) is 19.6 Å². The van der Waals surface area contributed by atoms with E-state index < -0.39 is 0 Å². The van der Waals surface area contributed by atoms with Crippen LogP contribution in [0.15, 0.2) is 24.3 Å². The molecule has 0 spiro atoms. The largest absolute Gasteiger partial charge is 0.381 e. The molecule has 0 unspecified atom stereocenters. The maximum Gasteiger partial charge on any atom is 0.239 e. The number of rotatable bonds is 7. The van der Waals surface area contributed by atoms with E-state index in [1.54, 1.807) is 0 Å². The Labute approximate surface area is 137 Å². The Morgan fingerprint density at radius 2 is 2.09 bits per heavy atom. The summed E-state index contributed by atoms with van der Waals surface area (Å²) in [5, 5.41) is 5.65. The third-order valence-corrected chi connectivity index (χ3v) is 3.48. The van der Waals surface area contributed by atoms with Gasteiger partial charge in [0.1, 0.15) is 0 Å². The first kappa shape index (κ1) is 17.3. The van der Waals surface area contributed by atoms with Crippen LogP contribution in [0.5, 0.6) is 0 Å². The zero-order valence-corrected chi connectivity index (χ0v) is 13.8. The summed E-state index contributed by atoms with van der Waals surface area (Å²) in [4.78, 5) is 25.3. The summed E-state index contributed by atoms with van der Waals surface area (Å²) in [7, 11) is 0. The molecule has 1 saturated heterocycles. The van der Waals surface area contributed by atoms with Crippen molar-refractivity contribution in [2.75, 3.05) is 43.1 Å². The van der Waals surface area contributed by atoms with Crippen LogP contribution >= 0.6 is 0 Å². The summed E-state index contributed by atoms with van der Waals surface area (Å²) in [5.41, 5.74) is 1.74. The molecule has 1 aromatic rings. The molecule has 0 atom stereocenters. The molecule has 126 valence electrons. The number of carbonyl (C=O) groups is 2. The smallest absolute Gasteiger partial charge is 0.239 e. The maximum absolute atomic E-state index is 11.8. The zero-order chi connectivity index (χ0) is 16.7. The number of hydrogen-bond donors (Lipinski definition) is 2. The topological polar surface area (TPSA) is 70.7 Å². The van der Waals surface area contributed by atoms with Crippen molar-refractivity contribution in [1.82, 2.24) is 5.32 Å². The average Bonchev–Trinajstić information content (AvgIpc) is 2.52. The van der Waals surface area contributed by atoms with Crippen LogP contribution in [0.4, 0.5) is 11.4 Å². The second kappa shape index (κ2) is 8.53. The Bertz CT molecular complexity index is 528. The minimum Gasteiger partial charge on any atom is -0.381 e. The second-order valence-corrected chi connectivity index (χ2v) is 6.09. The Hall–Kier alpha value is -2.08. The van der Waals surface area contributed by atoms with Crippen LogP contribution in [0, 0.1) is 5.92 Å². The molecule has 2 amide bonds. The van der Waals surface area contributed by atoms with Crippen LogP contribution < -0.4 is 15.5 Å². The number of benzene rings is 1. The lowest BCUT2D eigenvalue weighted by atomic mass is 10.2. The highest BCUT2D eigenvalue weighted by Gasteiger charge is 2.16. The number of nitrogens with one attached hydrogen (secondary N) is 2. The molecule has 1 aliphatic rings. The van der Waals surface area contributed by atoms with Crippen molar-refractivity contribution in [2.45, 2.75) is 20.3 Å².